The summed E-state index contributed by atoms with van der Waals surface area (Å²) in [5.74, 6) is 0.295. The van der Waals surface area contributed by atoms with Gasteiger partial charge in [-0.2, -0.15) is 5.10 Å². The summed E-state index contributed by atoms with van der Waals surface area (Å²) in [5.41, 5.74) is 5.55. The second-order valence-corrected chi connectivity index (χ2v) is 11.1. The summed E-state index contributed by atoms with van der Waals surface area (Å²) in [7, 11) is -1.90. The fraction of sp³-hybridized carbons (Fsp3) is 0.545. The maximum Gasteiger partial charge on any atom is 0.354 e. The number of aryl methyl sites for hydroxylation is 2. The summed E-state index contributed by atoms with van der Waals surface area (Å²) in [6.07, 6.45) is 7.45. The number of anilines is 1. The molecule has 2 amide bonds. The maximum absolute atomic E-state index is 13.3. The van der Waals surface area contributed by atoms with Crippen LogP contribution in [0.15, 0.2) is 21.5 Å². The van der Waals surface area contributed by atoms with Crippen molar-refractivity contribution in [2.45, 2.75) is 56.9 Å². The van der Waals surface area contributed by atoms with Crippen molar-refractivity contribution in [3.05, 3.63) is 34.5 Å². The van der Waals surface area contributed by atoms with E-state index >= 15 is 0 Å². The van der Waals surface area contributed by atoms with Crippen molar-refractivity contribution >= 4 is 21.6 Å². The van der Waals surface area contributed by atoms with Gasteiger partial charge in [0.2, 0.25) is 5.88 Å². The zero-order valence-corrected chi connectivity index (χ0v) is 19.3. The minimum Gasteiger partial charge on any atom is -0.476 e. The second-order valence-electron chi connectivity index (χ2n) is 9.33. The van der Waals surface area contributed by atoms with E-state index in [2.05, 4.69) is 20.8 Å². The summed E-state index contributed by atoms with van der Waals surface area (Å²) >= 11 is 0. The van der Waals surface area contributed by atoms with Crippen LogP contribution >= 0.6 is 0 Å². The molecule has 10 heteroatoms. The van der Waals surface area contributed by atoms with Crippen LogP contribution in [-0.4, -0.2) is 40.3 Å². The van der Waals surface area contributed by atoms with E-state index in [4.69, 9.17) is 14.6 Å². The number of fused-ring (bicyclic) bond motifs is 3. The van der Waals surface area contributed by atoms with Crippen molar-refractivity contribution in [3.63, 3.8) is 0 Å². The highest BCUT2D eigenvalue weighted by Crippen LogP contribution is 2.39. The predicted octanol–water partition coefficient (Wildman–Crippen LogP) is 2.84. The van der Waals surface area contributed by atoms with Gasteiger partial charge in [0.25, 0.3) is 0 Å². The molecular weight excluding hydrogens is 430 g/mol. The van der Waals surface area contributed by atoms with Gasteiger partial charge in [0.15, 0.2) is 9.92 Å². The van der Waals surface area contributed by atoms with Crippen molar-refractivity contribution in [3.8, 4) is 5.88 Å². The van der Waals surface area contributed by atoms with E-state index in [0.717, 1.165) is 44.2 Å². The highest BCUT2D eigenvalue weighted by molar-refractivity contribution is 7.91. The van der Waals surface area contributed by atoms with Gasteiger partial charge in [0, 0.05) is 18.2 Å². The first-order valence-corrected chi connectivity index (χ1v) is 12.6. The standard InChI is InChI=1S/C22H29N5O4S/c1-22(12-30-2)11-27-20(31-13-22)18(10-24-27)32(23,29)26-21(28)25-19-16-7-3-5-14(16)9-15-6-4-8-17(15)19/h9-10H,3-8,11-13H2,1-2H3,(H3,23,25,26,28,29)/t22-,32-/m0/s1. The molecule has 9 nitrogen and oxygen atoms in total. The molecule has 2 aliphatic carbocycles. The van der Waals surface area contributed by atoms with E-state index < -0.39 is 15.9 Å². The smallest absolute Gasteiger partial charge is 0.354 e. The molecule has 0 spiro atoms. The summed E-state index contributed by atoms with van der Waals surface area (Å²) in [6, 6.07) is 1.59. The molecule has 1 aliphatic heterocycles. The average molecular weight is 460 g/mol. The molecular formula is C22H29N5O4S. The predicted molar refractivity (Wildman–Crippen MR) is 120 cm³/mol. The first-order chi connectivity index (χ1) is 15.3. The number of rotatable bonds is 4. The molecule has 3 aliphatic rings. The lowest BCUT2D eigenvalue weighted by Crippen LogP contribution is -2.39. The lowest BCUT2D eigenvalue weighted by molar-refractivity contribution is 0.00897. The van der Waals surface area contributed by atoms with Crippen molar-refractivity contribution in [1.29, 1.82) is 0 Å². The molecule has 5 rings (SSSR count). The Kier molecular flexibility index (Phi) is 5.26. The summed E-state index contributed by atoms with van der Waals surface area (Å²) in [4.78, 5) is 13.0. The van der Waals surface area contributed by atoms with Gasteiger partial charge in [-0.15, -0.1) is 4.36 Å². The van der Waals surface area contributed by atoms with Gasteiger partial charge in [-0.1, -0.05) is 13.0 Å². The number of methoxy groups -OCH3 is 1. The molecule has 2 heterocycles. The van der Waals surface area contributed by atoms with Crippen LogP contribution < -0.4 is 15.2 Å². The fourth-order valence-electron chi connectivity index (χ4n) is 5.17. The molecule has 0 saturated carbocycles. The van der Waals surface area contributed by atoms with Crippen LogP contribution in [0.3, 0.4) is 0 Å². The lowest BCUT2D eigenvalue weighted by Gasteiger charge is -2.33. The summed E-state index contributed by atoms with van der Waals surface area (Å²) in [5, 5.41) is 13.2. The van der Waals surface area contributed by atoms with E-state index in [1.165, 1.54) is 28.5 Å². The van der Waals surface area contributed by atoms with E-state index in [-0.39, 0.29) is 10.3 Å². The average Bonchev–Trinajstić information content (AvgIpc) is 3.45. The zero-order valence-electron chi connectivity index (χ0n) is 18.5. The molecule has 32 heavy (non-hydrogen) atoms. The SMILES string of the molecule is COC[C@@]1(C)COc2c([S@@](N)(=O)=NC(=O)Nc3c4c(cc5c3CCC5)CCC4)cnn2C1. The third kappa shape index (κ3) is 3.70. The van der Waals surface area contributed by atoms with Gasteiger partial charge in [-0.05, 0) is 60.8 Å². The molecule has 0 saturated heterocycles. The number of urea groups is 1. The van der Waals surface area contributed by atoms with Gasteiger partial charge >= 0.3 is 6.03 Å². The molecule has 3 N–H and O–H groups in total. The number of nitrogens with two attached hydrogens (primary N) is 1. The Morgan fingerprint density at radius 1 is 1.31 bits per heavy atom. The number of hydrogen-bond acceptors (Lipinski definition) is 5. The quantitative estimate of drug-likeness (QED) is 0.728. The van der Waals surface area contributed by atoms with Gasteiger partial charge in [0.05, 0.1) is 26.0 Å². The van der Waals surface area contributed by atoms with Crippen molar-refractivity contribution in [2.75, 3.05) is 25.6 Å². The van der Waals surface area contributed by atoms with E-state index in [0.29, 0.717) is 25.6 Å². The van der Waals surface area contributed by atoms with Crippen molar-refractivity contribution < 1.29 is 18.5 Å². The minimum absolute atomic E-state index is 0.135. The molecule has 0 bridgehead atoms. The zero-order chi connectivity index (χ0) is 22.5. The number of carbonyl (C=O) groups excluding carboxylic acids is 1. The van der Waals surface area contributed by atoms with Crippen LogP contribution in [-0.2, 0) is 46.9 Å². The number of nitrogens with zero attached hydrogens (tertiary/aromatic N) is 3. The van der Waals surface area contributed by atoms with Gasteiger partial charge in [-0.25, -0.2) is 18.8 Å². The van der Waals surface area contributed by atoms with E-state index in [1.807, 2.05) is 6.92 Å². The Morgan fingerprint density at radius 2 is 2.00 bits per heavy atom. The molecule has 0 unspecified atom stereocenters. The Morgan fingerprint density at radius 3 is 2.66 bits per heavy atom. The number of nitrogens with one attached hydrogen (secondary N) is 1. The highest BCUT2D eigenvalue weighted by atomic mass is 32.2. The second kappa shape index (κ2) is 7.86. The Labute approximate surface area is 188 Å². The Bertz CT molecular complexity index is 1180. The first kappa shape index (κ1) is 21.4. The monoisotopic (exact) mass is 459 g/mol. The number of carbonyl (C=O) groups is 1. The fourth-order valence-corrected chi connectivity index (χ4v) is 6.17. The van der Waals surface area contributed by atoms with Gasteiger partial charge in [0.1, 0.15) is 4.90 Å². The third-order valence-corrected chi connectivity index (χ3v) is 7.93. The molecule has 2 atom stereocenters. The number of ether oxygens (including phenoxy) is 2. The van der Waals surface area contributed by atoms with Gasteiger partial charge < -0.3 is 14.8 Å². The molecule has 0 fully saturated rings. The van der Waals surface area contributed by atoms with Crippen molar-refractivity contribution in [2.24, 2.45) is 14.9 Å². The normalized spacial score (nSPS) is 23.0. The Hall–Kier alpha value is -2.43. The van der Waals surface area contributed by atoms with Crippen LogP contribution in [0.2, 0.25) is 0 Å². The molecule has 1 aromatic heterocycles. The molecule has 172 valence electrons. The molecule has 0 radical (unpaired) electrons. The summed E-state index contributed by atoms with van der Waals surface area (Å²) in [6.45, 7) is 3.41. The van der Waals surface area contributed by atoms with Crippen molar-refractivity contribution in [1.82, 2.24) is 9.78 Å². The topological polar surface area (TPSA) is 121 Å². The number of benzene rings is 1. The highest BCUT2D eigenvalue weighted by Gasteiger charge is 2.35. The molecule has 1 aromatic carbocycles. The number of aromatic nitrogens is 2. The third-order valence-electron chi connectivity index (χ3n) is 6.58. The van der Waals surface area contributed by atoms with Crippen LogP contribution in [0.4, 0.5) is 10.5 Å². The maximum atomic E-state index is 13.3. The number of hydrogen-bond donors (Lipinski definition) is 2. The first-order valence-electron chi connectivity index (χ1n) is 11.0. The van der Waals surface area contributed by atoms with Crippen LogP contribution in [0, 0.1) is 5.41 Å². The van der Waals surface area contributed by atoms with Gasteiger partial charge in [-0.3, -0.25) is 0 Å². The minimum atomic E-state index is -3.53. The number of amides is 2. The van der Waals surface area contributed by atoms with E-state index in [9.17, 15) is 9.00 Å². The molecule has 2 aromatic rings. The van der Waals surface area contributed by atoms with Crippen LogP contribution in [0.25, 0.3) is 0 Å². The van der Waals surface area contributed by atoms with Crippen LogP contribution in [0.5, 0.6) is 5.88 Å². The largest absolute Gasteiger partial charge is 0.476 e. The lowest BCUT2D eigenvalue weighted by atomic mass is 9.92. The summed E-state index contributed by atoms with van der Waals surface area (Å²) < 4.78 is 29.9. The Balaban J connectivity index is 1.43. The van der Waals surface area contributed by atoms with E-state index in [1.54, 1.807) is 11.8 Å². The van der Waals surface area contributed by atoms with Crippen LogP contribution in [0.1, 0.15) is 42.0 Å².